The van der Waals surface area contributed by atoms with Crippen molar-refractivity contribution in [3.63, 3.8) is 0 Å². The molecule has 138 valence electrons. The van der Waals surface area contributed by atoms with E-state index in [0.29, 0.717) is 17.0 Å². The van der Waals surface area contributed by atoms with Crippen molar-refractivity contribution >= 4 is 15.7 Å². The zero-order valence-corrected chi connectivity index (χ0v) is 15.9. The molecule has 2 aromatic carbocycles. The predicted octanol–water partition coefficient (Wildman–Crippen LogP) is 3.72. The summed E-state index contributed by atoms with van der Waals surface area (Å²) < 4.78 is 25.3. The first-order valence-corrected chi connectivity index (χ1v) is 10.8. The zero-order chi connectivity index (χ0) is 18.6. The number of rotatable bonds is 6. The van der Waals surface area contributed by atoms with E-state index in [4.69, 9.17) is 0 Å². The van der Waals surface area contributed by atoms with Gasteiger partial charge < -0.3 is 4.90 Å². The summed E-state index contributed by atoms with van der Waals surface area (Å²) in [5, 5.41) is 0. The Balaban J connectivity index is 1.74. The Morgan fingerprint density at radius 2 is 1.77 bits per heavy atom. The van der Waals surface area contributed by atoms with Crippen molar-refractivity contribution in [3.05, 3.63) is 65.7 Å². The van der Waals surface area contributed by atoms with Gasteiger partial charge in [0, 0.05) is 18.2 Å². The molecule has 4 nitrogen and oxygen atoms in total. The fraction of sp³-hybridized carbons (Fsp3) is 0.381. The molecule has 1 fully saturated rings. The van der Waals surface area contributed by atoms with Crippen molar-refractivity contribution in [3.8, 4) is 0 Å². The minimum absolute atomic E-state index is 0.0172. The number of hydrogen-bond donors (Lipinski definition) is 0. The van der Waals surface area contributed by atoms with Crippen LogP contribution in [0.2, 0.25) is 0 Å². The van der Waals surface area contributed by atoms with Crippen LogP contribution in [0.15, 0.2) is 59.5 Å². The van der Waals surface area contributed by atoms with Crippen LogP contribution in [0.3, 0.4) is 0 Å². The van der Waals surface area contributed by atoms with Crippen molar-refractivity contribution in [2.75, 3.05) is 12.3 Å². The number of benzene rings is 2. The van der Waals surface area contributed by atoms with Crippen LogP contribution < -0.4 is 0 Å². The molecule has 1 atom stereocenters. The van der Waals surface area contributed by atoms with Crippen LogP contribution in [-0.2, 0) is 16.3 Å². The van der Waals surface area contributed by atoms with E-state index in [9.17, 15) is 13.2 Å². The molecule has 1 heterocycles. The zero-order valence-electron chi connectivity index (χ0n) is 15.1. The second-order valence-corrected chi connectivity index (χ2v) is 8.87. The molecule has 1 unspecified atom stereocenters. The highest BCUT2D eigenvalue weighted by molar-refractivity contribution is 7.91. The van der Waals surface area contributed by atoms with Crippen LogP contribution in [0.5, 0.6) is 0 Å². The third kappa shape index (κ3) is 4.15. The van der Waals surface area contributed by atoms with Crippen LogP contribution in [0.1, 0.15) is 42.1 Å². The first-order valence-electron chi connectivity index (χ1n) is 9.19. The molecule has 0 radical (unpaired) electrons. The van der Waals surface area contributed by atoms with Gasteiger partial charge in [0.15, 0.2) is 9.84 Å². The number of carbonyl (C=O) groups is 1. The number of likely N-dealkylation sites (tertiary alicyclic amines) is 1. The highest BCUT2D eigenvalue weighted by atomic mass is 32.2. The monoisotopic (exact) mass is 371 g/mol. The lowest BCUT2D eigenvalue weighted by atomic mass is 10.1. The van der Waals surface area contributed by atoms with Gasteiger partial charge in [0.05, 0.1) is 10.6 Å². The number of aryl methyl sites for hydroxylation is 1. The topological polar surface area (TPSA) is 54.5 Å². The minimum Gasteiger partial charge on any atom is -0.335 e. The Morgan fingerprint density at radius 1 is 1.08 bits per heavy atom. The highest BCUT2D eigenvalue weighted by Crippen LogP contribution is 2.24. The van der Waals surface area contributed by atoms with Gasteiger partial charge >= 0.3 is 0 Å². The number of amides is 1. The van der Waals surface area contributed by atoms with Gasteiger partial charge in [-0.1, -0.05) is 43.7 Å². The summed E-state index contributed by atoms with van der Waals surface area (Å²) in [6.07, 6.45) is 3.63. The van der Waals surface area contributed by atoms with Crippen LogP contribution in [0.25, 0.3) is 0 Å². The molecule has 2 aromatic rings. The largest absolute Gasteiger partial charge is 0.335 e. The lowest BCUT2D eigenvalue weighted by Crippen LogP contribution is -2.39. The molecule has 5 heteroatoms. The number of hydrogen-bond acceptors (Lipinski definition) is 3. The summed E-state index contributed by atoms with van der Waals surface area (Å²) in [6, 6.07) is 15.9. The van der Waals surface area contributed by atoms with Crippen molar-refractivity contribution in [2.45, 2.75) is 43.5 Å². The predicted molar refractivity (Wildman–Crippen MR) is 103 cm³/mol. The second kappa shape index (κ2) is 8.04. The quantitative estimate of drug-likeness (QED) is 0.778. The van der Waals surface area contributed by atoms with Crippen LogP contribution in [0, 0.1) is 0 Å². The molecule has 1 amide bonds. The van der Waals surface area contributed by atoms with Crippen LogP contribution >= 0.6 is 0 Å². The lowest BCUT2D eigenvalue weighted by Gasteiger charge is -2.25. The summed E-state index contributed by atoms with van der Waals surface area (Å²) in [4.78, 5) is 14.9. The Bertz CT molecular complexity index is 845. The molecule has 0 aromatic heterocycles. The average molecular weight is 372 g/mol. The first kappa shape index (κ1) is 18.6. The van der Waals surface area contributed by atoms with Crippen molar-refractivity contribution < 1.29 is 13.2 Å². The van der Waals surface area contributed by atoms with E-state index in [1.165, 1.54) is 5.56 Å². The second-order valence-electron chi connectivity index (χ2n) is 6.84. The van der Waals surface area contributed by atoms with Crippen molar-refractivity contribution in [1.82, 2.24) is 4.90 Å². The third-order valence-electron chi connectivity index (χ3n) is 4.89. The van der Waals surface area contributed by atoms with Gasteiger partial charge in [0.2, 0.25) is 0 Å². The maximum atomic E-state index is 12.9. The molecule has 1 aliphatic heterocycles. The molecule has 1 saturated heterocycles. The number of carbonyl (C=O) groups excluding carboxylic acids is 1. The van der Waals surface area contributed by atoms with E-state index in [-0.39, 0.29) is 17.7 Å². The summed E-state index contributed by atoms with van der Waals surface area (Å²) in [5.74, 6) is -0.0877. The molecular weight excluding hydrogens is 346 g/mol. The molecule has 3 rings (SSSR count). The summed E-state index contributed by atoms with van der Waals surface area (Å²) in [7, 11) is -3.40. The highest BCUT2D eigenvalue weighted by Gasteiger charge is 2.33. The number of nitrogens with zero attached hydrogens (tertiary/aromatic N) is 1. The smallest absolute Gasteiger partial charge is 0.254 e. The first-order chi connectivity index (χ1) is 12.5. The van der Waals surface area contributed by atoms with E-state index in [0.717, 1.165) is 25.7 Å². The maximum absolute atomic E-state index is 12.9. The molecule has 0 bridgehead atoms. The molecular formula is C21H25NO3S. The Kier molecular flexibility index (Phi) is 5.77. The summed E-state index contributed by atoms with van der Waals surface area (Å²) in [5.41, 5.74) is 1.85. The van der Waals surface area contributed by atoms with Gasteiger partial charge in [-0.25, -0.2) is 8.42 Å². The molecule has 0 spiro atoms. The molecule has 0 N–H and O–H groups in total. The van der Waals surface area contributed by atoms with Gasteiger partial charge in [0.1, 0.15) is 0 Å². The van der Waals surface area contributed by atoms with Crippen molar-refractivity contribution in [1.29, 1.82) is 0 Å². The summed E-state index contributed by atoms with van der Waals surface area (Å²) in [6.45, 7) is 2.74. The standard InChI is InChI=1S/C21H25NO3S/c1-2-7-17-11-13-18(14-12-17)21(23)22-15-6-8-19(22)16-26(24,25)20-9-4-3-5-10-20/h3-5,9-14,19H,2,6-8,15-16H2,1H3. The average Bonchev–Trinajstić information content (AvgIpc) is 3.10. The van der Waals surface area contributed by atoms with E-state index in [1.54, 1.807) is 35.2 Å². The molecule has 1 aliphatic rings. The van der Waals surface area contributed by atoms with Gasteiger partial charge in [-0.05, 0) is 49.1 Å². The van der Waals surface area contributed by atoms with Crippen LogP contribution in [0.4, 0.5) is 0 Å². The number of sulfone groups is 1. The van der Waals surface area contributed by atoms with E-state index in [2.05, 4.69) is 6.92 Å². The van der Waals surface area contributed by atoms with Gasteiger partial charge in [-0.2, -0.15) is 0 Å². The fourth-order valence-corrected chi connectivity index (χ4v) is 5.14. The third-order valence-corrected chi connectivity index (χ3v) is 6.71. The van der Waals surface area contributed by atoms with E-state index in [1.807, 2.05) is 24.3 Å². The van der Waals surface area contributed by atoms with E-state index < -0.39 is 9.84 Å². The SMILES string of the molecule is CCCc1ccc(C(=O)N2CCCC2CS(=O)(=O)c2ccccc2)cc1. The molecule has 26 heavy (non-hydrogen) atoms. The maximum Gasteiger partial charge on any atom is 0.254 e. The van der Waals surface area contributed by atoms with Gasteiger partial charge in [0.25, 0.3) is 5.91 Å². The Hall–Kier alpha value is -2.14. The van der Waals surface area contributed by atoms with Crippen molar-refractivity contribution in [2.24, 2.45) is 0 Å². The minimum atomic E-state index is -3.40. The lowest BCUT2D eigenvalue weighted by molar-refractivity contribution is 0.0749. The Morgan fingerprint density at radius 3 is 2.42 bits per heavy atom. The normalized spacial score (nSPS) is 17.4. The molecule has 0 aliphatic carbocycles. The van der Waals surface area contributed by atoms with E-state index >= 15 is 0 Å². The van der Waals surface area contributed by atoms with Gasteiger partial charge in [-0.3, -0.25) is 4.79 Å². The van der Waals surface area contributed by atoms with Gasteiger partial charge in [-0.15, -0.1) is 0 Å². The molecule has 0 saturated carbocycles. The Labute approximate surface area is 155 Å². The fourth-order valence-electron chi connectivity index (χ4n) is 3.52. The summed E-state index contributed by atoms with van der Waals surface area (Å²) >= 11 is 0. The van der Waals surface area contributed by atoms with Crippen LogP contribution in [-0.4, -0.2) is 37.6 Å².